The van der Waals surface area contributed by atoms with E-state index in [1.165, 1.54) is 6.20 Å². The number of hydrazone groups is 1. The van der Waals surface area contributed by atoms with Crippen molar-refractivity contribution in [3.63, 3.8) is 0 Å². The van der Waals surface area contributed by atoms with Gasteiger partial charge in [-0.3, -0.25) is 9.78 Å². The van der Waals surface area contributed by atoms with E-state index in [0.29, 0.717) is 17.7 Å². The van der Waals surface area contributed by atoms with E-state index >= 15 is 0 Å². The minimum atomic E-state index is -0.318. The topological polar surface area (TPSA) is 83.1 Å². The summed E-state index contributed by atoms with van der Waals surface area (Å²) in [7, 11) is 0. The number of carbonyl (C=O) groups excluding carboxylic acids is 1. The second kappa shape index (κ2) is 8.19. The fourth-order valence-electron chi connectivity index (χ4n) is 3.18. The maximum Gasteiger partial charge on any atom is 0.272 e. The molecule has 0 fully saturated rings. The molecule has 6 heteroatoms. The van der Waals surface area contributed by atoms with Gasteiger partial charge in [0.2, 0.25) is 0 Å². The number of rotatable bonds is 5. The van der Waals surface area contributed by atoms with Gasteiger partial charge in [0.15, 0.2) is 0 Å². The van der Waals surface area contributed by atoms with Gasteiger partial charge in [0, 0.05) is 41.6 Å². The summed E-state index contributed by atoms with van der Waals surface area (Å²) in [5.74, 6) is -0.318. The van der Waals surface area contributed by atoms with Crippen LogP contribution in [0.25, 0.3) is 10.9 Å². The largest absolute Gasteiger partial charge is 0.342 e. The third kappa shape index (κ3) is 3.89. The van der Waals surface area contributed by atoms with Gasteiger partial charge in [-0.25, -0.2) is 5.43 Å². The highest BCUT2D eigenvalue weighted by Gasteiger charge is 2.09. The van der Waals surface area contributed by atoms with E-state index in [9.17, 15) is 10.1 Å². The molecule has 0 aliphatic heterocycles. The number of nitriles is 1. The lowest BCUT2D eigenvalue weighted by Gasteiger charge is -2.07. The molecule has 2 aromatic heterocycles. The van der Waals surface area contributed by atoms with Crippen molar-refractivity contribution in [3.8, 4) is 6.07 Å². The minimum absolute atomic E-state index is 0.318. The maximum absolute atomic E-state index is 12.1. The lowest BCUT2D eigenvalue weighted by atomic mass is 10.1. The maximum atomic E-state index is 12.1. The minimum Gasteiger partial charge on any atom is -0.342 e. The first-order valence-electron chi connectivity index (χ1n) is 9.05. The van der Waals surface area contributed by atoms with Crippen LogP contribution < -0.4 is 5.43 Å². The normalized spacial score (nSPS) is 10.9. The Kier molecular flexibility index (Phi) is 5.12. The molecule has 0 atom stereocenters. The highest BCUT2D eigenvalue weighted by Crippen LogP contribution is 2.22. The van der Waals surface area contributed by atoms with E-state index in [0.717, 1.165) is 22.0 Å². The Balaban J connectivity index is 1.61. The number of aromatic nitrogens is 2. The molecule has 0 saturated carbocycles. The number of amides is 1. The van der Waals surface area contributed by atoms with Crippen LogP contribution in [0, 0.1) is 11.3 Å². The van der Waals surface area contributed by atoms with E-state index in [2.05, 4.69) is 26.1 Å². The Morgan fingerprint density at radius 2 is 1.97 bits per heavy atom. The van der Waals surface area contributed by atoms with Crippen molar-refractivity contribution in [2.45, 2.75) is 6.54 Å². The molecule has 140 valence electrons. The number of para-hydroxylation sites is 1. The SMILES string of the molecule is N#Cc1ccccc1Cn1cc(C=NNC(=O)c2cccnc2)c2ccccc21. The molecule has 1 amide bonds. The van der Waals surface area contributed by atoms with Crippen molar-refractivity contribution in [1.82, 2.24) is 15.0 Å². The average Bonchev–Trinajstić information content (AvgIpc) is 3.12. The zero-order valence-electron chi connectivity index (χ0n) is 15.5. The summed E-state index contributed by atoms with van der Waals surface area (Å²) in [5.41, 5.74) is 6.48. The van der Waals surface area contributed by atoms with Gasteiger partial charge in [-0.1, -0.05) is 36.4 Å². The molecule has 6 nitrogen and oxygen atoms in total. The Morgan fingerprint density at radius 3 is 2.79 bits per heavy atom. The van der Waals surface area contributed by atoms with Gasteiger partial charge >= 0.3 is 0 Å². The summed E-state index contributed by atoms with van der Waals surface area (Å²) in [6.07, 6.45) is 6.70. The van der Waals surface area contributed by atoms with E-state index in [1.807, 2.05) is 54.7 Å². The molecule has 4 aromatic rings. The third-order valence-corrected chi connectivity index (χ3v) is 4.59. The molecule has 1 N–H and O–H groups in total. The molecule has 0 aliphatic carbocycles. The summed E-state index contributed by atoms with van der Waals surface area (Å²) in [6.45, 7) is 0.570. The number of pyridine rings is 1. The van der Waals surface area contributed by atoms with Crippen molar-refractivity contribution < 1.29 is 4.79 Å². The quantitative estimate of drug-likeness (QED) is 0.424. The average molecular weight is 379 g/mol. The first-order valence-corrected chi connectivity index (χ1v) is 9.05. The van der Waals surface area contributed by atoms with Gasteiger partial charge in [-0.05, 0) is 29.8 Å². The molecule has 0 spiro atoms. The number of nitrogens with zero attached hydrogens (tertiary/aromatic N) is 4. The lowest BCUT2D eigenvalue weighted by molar-refractivity contribution is 0.0955. The van der Waals surface area contributed by atoms with Gasteiger partial charge in [0.1, 0.15) is 0 Å². The second-order valence-corrected chi connectivity index (χ2v) is 6.44. The summed E-state index contributed by atoms with van der Waals surface area (Å²) in [5, 5.41) is 14.5. The first kappa shape index (κ1) is 18.1. The van der Waals surface area contributed by atoms with Crippen molar-refractivity contribution >= 4 is 23.0 Å². The lowest BCUT2D eigenvalue weighted by Crippen LogP contribution is -2.17. The molecule has 29 heavy (non-hydrogen) atoms. The zero-order chi connectivity index (χ0) is 20.1. The van der Waals surface area contributed by atoms with E-state index in [4.69, 9.17) is 0 Å². The molecule has 0 unspecified atom stereocenters. The van der Waals surface area contributed by atoms with Crippen LogP contribution in [0.4, 0.5) is 0 Å². The molecular formula is C23H17N5O. The summed E-state index contributed by atoms with van der Waals surface area (Å²) in [6, 6.07) is 21.1. The molecule has 4 rings (SSSR count). The molecule has 2 aromatic carbocycles. The summed E-state index contributed by atoms with van der Waals surface area (Å²) < 4.78 is 2.08. The zero-order valence-corrected chi connectivity index (χ0v) is 15.5. The van der Waals surface area contributed by atoms with E-state index in [-0.39, 0.29) is 5.91 Å². The Bertz CT molecular complexity index is 1240. The first-order chi connectivity index (χ1) is 14.3. The van der Waals surface area contributed by atoms with Crippen LogP contribution in [0.5, 0.6) is 0 Å². The van der Waals surface area contributed by atoms with E-state index < -0.39 is 0 Å². The fourth-order valence-corrected chi connectivity index (χ4v) is 3.18. The van der Waals surface area contributed by atoms with Crippen molar-refractivity contribution in [3.05, 3.63) is 102 Å². The van der Waals surface area contributed by atoms with Gasteiger partial charge < -0.3 is 4.57 Å². The molecular weight excluding hydrogens is 362 g/mol. The summed E-state index contributed by atoms with van der Waals surface area (Å²) >= 11 is 0. The third-order valence-electron chi connectivity index (χ3n) is 4.59. The van der Waals surface area contributed by atoms with Crippen LogP contribution in [0.3, 0.4) is 0 Å². The molecule has 0 aliphatic rings. The Labute approximate surface area is 167 Å². The molecule has 0 saturated heterocycles. The standard InChI is InChI=1S/C23H17N5O/c24-12-17-6-1-2-7-19(17)15-28-16-20(21-9-3-4-10-22(21)28)14-26-27-23(29)18-8-5-11-25-13-18/h1-11,13-14,16H,15H2,(H,27,29). The number of benzene rings is 2. The van der Waals surface area contributed by atoms with E-state index in [1.54, 1.807) is 24.5 Å². The van der Waals surface area contributed by atoms with Crippen molar-refractivity contribution in [2.24, 2.45) is 5.10 Å². The second-order valence-electron chi connectivity index (χ2n) is 6.44. The van der Waals surface area contributed by atoms with Gasteiger partial charge in [0.05, 0.1) is 23.4 Å². The summed E-state index contributed by atoms with van der Waals surface area (Å²) in [4.78, 5) is 16.0. The predicted octanol–water partition coefficient (Wildman–Crippen LogP) is 3.72. The van der Waals surface area contributed by atoms with Crippen LogP contribution >= 0.6 is 0 Å². The van der Waals surface area contributed by atoms with Crippen LogP contribution in [0.2, 0.25) is 0 Å². The smallest absolute Gasteiger partial charge is 0.272 e. The number of carbonyl (C=O) groups is 1. The molecule has 0 bridgehead atoms. The highest BCUT2D eigenvalue weighted by molar-refractivity contribution is 6.00. The molecule has 0 radical (unpaired) electrons. The number of hydrogen-bond acceptors (Lipinski definition) is 4. The number of nitrogens with one attached hydrogen (secondary N) is 1. The fraction of sp³-hybridized carbons (Fsp3) is 0.0435. The van der Waals surface area contributed by atoms with Crippen molar-refractivity contribution in [2.75, 3.05) is 0 Å². The highest BCUT2D eigenvalue weighted by atomic mass is 16.2. The number of hydrogen-bond donors (Lipinski definition) is 1. The van der Waals surface area contributed by atoms with Crippen LogP contribution in [0.1, 0.15) is 27.0 Å². The van der Waals surface area contributed by atoms with Crippen LogP contribution in [-0.2, 0) is 6.54 Å². The monoisotopic (exact) mass is 379 g/mol. The van der Waals surface area contributed by atoms with Crippen molar-refractivity contribution in [1.29, 1.82) is 5.26 Å². The number of fused-ring (bicyclic) bond motifs is 1. The van der Waals surface area contributed by atoms with Crippen LogP contribution in [-0.4, -0.2) is 21.7 Å². The van der Waals surface area contributed by atoms with Gasteiger partial charge in [0.25, 0.3) is 5.91 Å². The predicted molar refractivity (Wildman–Crippen MR) is 111 cm³/mol. The van der Waals surface area contributed by atoms with Gasteiger partial charge in [-0.2, -0.15) is 10.4 Å². The molecule has 2 heterocycles. The Morgan fingerprint density at radius 1 is 1.14 bits per heavy atom. The Hall–Kier alpha value is -4.24. The van der Waals surface area contributed by atoms with Gasteiger partial charge in [-0.15, -0.1) is 0 Å². The van der Waals surface area contributed by atoms with Crippen LogP contribution in [0.15, 0.2) is 84.4 Å².